The van der Waals surface area contributed by atoms with E-state index in [1.807, 2.05) is 87.5 Å². The standard InChI is InChI=1S/C33H46N4O5/c1-7-22(2)27-32(40)37(6)29(33(4,5)41)31(39)36-28(23(3)24-14-9-8-10-15-24)30(38)35-19-13-17-25-16-11-12-18-26(25)42-21-20-34-27/h8-18,22-23,27-29,34,41H,7,19-21H2,1-6H3,(H,35,38)(H,36,39)/b17-13+/t22?,23?,27-,28+,29+/m0/s1. The summed E-state index contributed by atoms with van der Waals surface area (Å²) in [6.07, 6.45) is 4.44. The maximum atomic E-state index is 13.9. The average Bonchev–Trinajstić information content (AvgIpc) is 2.96. The minimum atomic E-state index is -1.60. The molecule has 4 N–H and O–H groups in total. The van der Waals surface area contributed by atoms with Crippen molar-refractivity contribution >= 4 is 23.8 Å². The highest BCUT2D eigenvalue weighted by Crippen LogP contribution is 2.23. The lowest BCUT2D eigenvalue weighted by atomic mass is 9.90. The SMILES string of the molecule is CCC(C)[C@@H]1NCCOc2ccccc2/C=C/CNC(=O)[C@@H](C(C)c2ccccc2)NC(=O)[C@H](C(C)(C)O)N(C)C1=O. The van der Waals surface area contributed by atoms with Gasteiger partial charge in [0.1, 0.15) is 24.4 Å². The first-order chi connectivity index (χ1) is 20.0. The van der Waals surface area contributed by atoms with Crippen LogP contribution in [-0.2, 0) is 14.4 Å². The summed E-state index contributed by atoms with van der Waals surface area (Å²) in [6.45, 7) is 9.77. The smallest absolute Gasteiger partial charge is 0.246 e. The zero-order valence-electron chi connectivity index (χ0n) is 25.6. The Bertz CT molecular complexity index is 1230. The van der Waals surface area contributed by atoms with Gasteiger partial charge in [-0.2, -0.15) is 0 Å². The molecule has 0 saturated heterocycles. The van der Waals surface area contributed by atoms with Crippen LogP contribution in [0.25, 0.3) is 6.08 Å². The molecule has 1 aliphatic rings. The molecule has 2 aromatic carbocycles. The Morgan fingerprint density at radius 2 is 1.67 bits per heavy atom. The van der Waals surface area contributed by atoms with E-state index in [9.17, 15) is 19.5 Å². The molecule has 3 rings (SSSR count). The Hall–Kier alpha value is -3.69. The number of para-hydroxylation sites is 1. The monoisotopic (exact) mass is 578 g/mol. The Labute approximate surface area is 249 Å². The zero-order chi connectivity index (χ0) is 30.9. The first kappa shape index (κ1) is 32.8. The fraction of sp³-hybridized carbons (Fsp3) is 0.485. The van der Waals surface area contributed by atoms with E-state index in [1.165, 1.54) is 25.8 Å². The lowest BCUT2D eigenvalue weighted by Crippen LogP contribution is -2.64. The molecular weight excluding hydrogens is 532 g/mol. The highest BCUT2D eigenvalue weighted by molar-refractivity contribution is 5.94. The fourth-order valence-electron chi connectivity index (χ4n) is 5.26. The van der Waals surface area contributed by atoms with E-state index in [2.05, 4.69) is 16.0 Å². The van der Waals surface area contributed by atoms with Gasteiger partial charge in [-0.3, -0.25) is 14.4 Å². The number of fused-ring (bicyclic) bond motifs is 1. The molecule has 0 bridgehead atoms. The molecule has 9 heteroatoms. The molecule has 1 heterocycles. The van der Waals surface area contributed by atoms with Gasteiger partial charge in [-0.25, -0.2) is 0 Å². The molecule has 9 nitrogen and oxygen atoms in total. The number of rotatable bonds is 5. The predicted molar refractivity (Wildman–Crippen MR) is 165 cm³/mol. The molecule has 0 aromatic heterocycles. The maximum Gasteiger partial charge on any atom is 0.246 e. The third-order valence-electron chi connectivity index (χ3n) is 7.87. The minimum absolute atomic E-state index is 0.0529. The topological polar surface area (TPSA) is 120 Å². The molecule has 228 valence electrons. The van der Waals surface area contributed by atoms with E-state index in [-0.39, 0.29) is 24.3 Å². The van der Waals surface area contributed by atoms with Crippen LogP contribution in [0.1, 0.15) is 58.1 Å². The number of likely N-dealkylation sites (N-methyl/N-ethyl adjacent to an activating group) is 1. The number of nitrogens with zero attached hydrogens (tertiary/aromatic N) is 1. The number of hydrogen-bond donors (Lipinski definition) is 4. The molecule has 2 unspecified atom stereocenters. The summed E-state index contributed by atoms with van der Waals surface area (Å²) in [5, 5.41) is 20.2. The molecule has 0 fully saturated rings. The number of carbonyl (C=O) groups excluding carboxylic acids is 3. The Balaban J connectivity index is 2.03. The van der Waals surface area contributed by atoms with E-state index in [0.29, 0.717) is 18.9 Å². The summed E-state index contributed by atoms with van der Waals surface area (Å²) in [7, 11) is 1.52. The van der Waals surface area contributed by atoms with E-state index < -0.39 is 35.6 Å². The second kappa shape index (κ2) is 15.0. The van der Waals surface area contributed by atoms with E-state index in [4.69, 9.17) is 4.74 Å². The van der Waals surface area contributed by atoms with Gasteiger partial charge in [0.05, 0.1) is 11.6 Å². The number of ether oxygens (including phenoxy) is 1. The van der Waals surface area contributed by atoms with Crippen LogP contribution in [0.15, 0.2) is 60.7 Å². The summed E-state index contributed by atoms with van der Waals surface area (Å²) in [5.74, 6) is -1.07. The molecule has 0 radical (unpaired) electrons. The third kappa shape index (κ3) is 8.42. The van der Waals surface area contributed by atoms with Crippen molar-refractivity contribution < 1.29 is 24.2 Å². The van der Waals surface area contributed by atoms with Crippen molar-refractivity contribution in [3.63, 3.8) is 0 Å². The van der Waals surface area contributed by atoms with Gasteiger partial charge in [-0.1, -0.05) is 87.9 Å². The molecule has 0 aliphatic carbocycles. The zero-order valence-corrected chi connectivity index (χ0v) is 25.6. The summed E-state index contributed by atoms with van der Waals surface area (Å²) >= 11 is 0. The summed E-state index contributed by atoms with van der Waals surface area (Å²) < 4.78 is 6.04. The van der Waals surface area contributed by atoms with Gasteiger partial charge in [0.15, 0.2) is 0 Å². The van der Waals surface area contributed by atoms with Gasteiger partial charge in [0.2, 0.25) is 17.7 Å². The van der Waals surface area contributed by atoms with Crippen molar-refractivity contribution in [2.45, 2.75) is 70.7 Å². The second-order valence-corrected chi connectivity index (χ2v) is 11.5. The predicted octanol–water partition coefficient (Wildman–Crippen LogP) is 3.10. The van der Waals surface area contributed by atoms with Gasteiger partial charge in [-0.05, 0) is 31.4 Å². The lowest BCUT2D eigenvalue weighted by molar-refractivity contribution is -0.150. The Morgan fingerprint density at radius 3 is 2.33 bits per heavy atom. The summed E-state index contributed by atoms with van der Waals surface area (Å²) in [5.41, 5.74) is 0.131. The van der Waals surface area contributed by atoms with Crippen LogP contribution >= 0.6 is 0 Å². The van der Waals surface area contributed by atoms with Gasteiger partial charge in [0.25, 0.3) is 0 Å². The van der Waals surface area contributed by atoms with Crippen molar-refractivity contribution in [2.75, 3.05) is 26.7 Å². The van der Waals surface area contributed by atoms with Gasteiger partial charge in [-0.15, -0.1) is 0 Å². The molecule has 0 saturated carbocycles. The van der Waals surface area contributed by atoms with E-state index in [1.54, 1.807) is 0 Å². The highest BCUT2D eigenvalue weighted by Gasteiger charge is 2.43. The molecule has 3 amide bonds. The van der Waals surface area contributed by atoms with Crippen molar-refractivity contribution in [3.05, 3.63) is 71.8 Å². The van der Waals surface area contributed by atoms with Crippen LogP contribution in [-0.4, -0.2) is 78.2 Å². The molecule has 1 aliphatic heterocycles. The largest absolute Gasteiger partial charge is 0.492 e. The fourth-order valence-corrected chi connectivity index (χ4v) is 5.26. The van der Waals surface area contributed by atoms with Gasteiger partial charge < -0.3 is 30.7 Å². The number of carbonyl (C=O) groups is 3. The van der Waals surface area contributed by atoms with Crippen molar-refractivity contribution in [1.82, 2.24) is 20.9 Å². The number of hydrogen-bond acceptors (Lipinski definition) is 6. The second-order valence-electron chi connectivity index (χ2n) is 11.5. The van der Waals surface area contributed by atoms with Crippen molar-refractivity contribution in [2.24, 2.45) is 5.92 Å². The third-order valence-corrected chi connectivity index (χ3v) is 7.87. The lowest BCUT2D eigenvalue weighted by Gasteiger charge is -2.39. The van der Waals surface area contributed by atoms with E-state index in [0.717, 1.165) is 17.5 Å². The van der Waals surface area contributed by atoms with Crippen LogP contribution < -0.4 is 20.7 Å². The summed E-state index contributed by atoms with van der Waals surface area (Å²) in [4.78, 5) is 42.6. The minimum Gasteiger partial charge on any atom is -0.492 e. The number of benzene rings is 2. The molecule has 0 spiro atoms. The van der Waals surface area contributed by atoms with Gasteiger partial charge in [0, 0.05) is 31.6 Å². The van der Waals surface area contributed by atoms with Crippen LogP contribution in [0.4, 0.5) is 0 Å². The first-order valence-corrected chi connectivity index (χ1v) is 14.7. The van der Waals surface area contributed by atoms with Crippen LogP contribution in [0.2, 0.25) is 0 Å². The first-order valence-electron chi connectivity index (χ1n) is 14.7. The molecule has 5 atom stereocenters. The molecule has 42 heavy (non-hydrogen) atoms. The quantitative estimate of drug-likeness (QED) is 0.433. The maximum absolute atomic E-state index is 13.9. The van der Waals surface area contributed by atoms with Crippen molar-refractivity contribution in [1.29, 1.82) is 0 Å². The number of aliphatic hydroxyl groups is 1. The van der Waals surface area contributed by atoms with Crippen LogP contribution in [0.5, 0.6) is 5.75 Å². The normalized spacial score (nSPS) is 23.7. The van der Waals surface area contributed by atoms with Crippen LogP contribution in [0, 0.1) is 5.92 Å². The summed E-state index contributed by atoms with van der Waals surface area (Å²) in [6, 6.07) is 14.2. The van der Waals surface area contributed by atoms with Gasteiger partial charge >= 0.3 is 0 Å². The van der Waals surface area contributed by atoms with E-state index >= 15 is 0 Å². The Kier molecular flexibility index (Phi) is 11.7. The highest BCUT2D eigenvalue weighted by atomic mass is 16.5. The van der Waals surface area contributed by atoms with Crippen molar-refractivity contribution in [3.8, 4) is 5.75 Å². The molecule has 2 aromatic rings. The number of nitrogens with one attached hydrogen (secondary N) is 3. The molecular formula is C33H46N4O5. The Morgan fingerprint density at radius 1 is 1.00 bits per heavy atom. The number of amides is 3. The average molecular weight is 579 g/mol. The van der Waals surface area contributed by atoms with Crippen LogP contribution in [0.3, 0.4) is 0 Å².